The van der Waals surface area contributed by atoms with E-state index in [0.717, 1.165) is 0 Å². The summed E-state index contributed by atoms with van der Waals surface area (Å²) in [6.45, 7) is 7.00. The molecule has 0 bridgehead atoms. The third-order valence-electron chi connectivity index (χ3n) is 3.99. The second-order valence-corrected chi connectivity index (χ2v) is 6.37. The number of carbonyl (C=O) groups is 1. The van der Waals surface area contributed by atoms with Gasteiger partial charge in [0, 0.05) is 11.8 Å². The highest BCUT2D eigenvalue weighted by molar-refractivity contribution is 6.09. The zero-order chi connectivity index (χ0) is 16.9. The third kappa shape index (κ3) is 2.42. The first kappa shape index (κ1) is 15.3. The van der Waals surface area contributed by atoms with Crippen LogP contribution in [0.2, 0.25) is 0 Å². The molecule has 0 saturated carbocycles. The van der Waals surface area contributed by atoms with Crippen molar-refractivity contribution in [2.75, 3.05) is 10.6 Å². The topological polar surface area (TPSA) is 55.6 Å². The van der Waals surface area contributed by atoms with Crippen molar-refractivity contribution in [3.63, 3.8) is 0 Å². The lowest BCUT2D eigenvalue weighted by molar-refractivity contribution is -0.131. The summed E-state index contributed by atoms with van der Waals surface area (Å²) in [5.74, 6) is 0.0200. The molecule has 2 aromatic carbocycles. The average Bonchev–Trinajstić information content (AvgIpc) is 2.41. The van der Waals surface area contributed by atoms with E-state index in [-0.39, 0.29) is 11.7 Å². The van der Waals surface area contributed by atoms with Gasteiger partial charge in [-0.25, -0.2) is 4.39 Å². The lowest BCUT2D eigenvalue weighted by atomic mass is 9.99. The number of aryl methyl sites for hydroxylation is 2. The number of hydrogen-bond acceptors (Lipinski definition) is 3. The number of amides is 1. The predicted octanol–water partition coefficient (Wildman–Crippen LogP) is 3.86. The molecule has 0 spiro atoms. The van der Waals surface area contributed by atoms with E-state index in [0.29, 0.717) is 33.9 Å². The number of halogens is 1. The molecule has 1 aliphatic rings. The molecule has 2 aromatic rings. The Bertz CT molecular complexity index is 792. The first-order valence-corrected chi connectivity index (χ1v) is 7.40. The maximum absolute atomic E-state index is 13.6. The zero-order valence-electron chi connectivity index (χ0n) is 13.6. The number of rotatable bonds is 1. The van der Waals surface area contributed by atoms with Crippen LogP contribution in [0.15, 0.2) is 30.3 Å². The van der Waals surface area contributed by atoms with Gasteiger partial charge < -0.3 is 10.5 Å². The first-order chi connectivity index (χ1) is 10.7. The van der Waals surface area contributed by atoms with Gasteiger partial charge in [-0.05, 0) is 63.1 Å². The van der Waals surface area contributed by atoms with Gasteiger partial charge in [0.05, 0.1) is 11.4 Å². The minimum absolute atomic E-state index is 0.201. The molecule has 23 heavy (non-hydrogen) atoms. The summed E-state index contributed by atoms with van der Waals surface area (Å²) in [7, 11) is 0. The smallest absolute Gasteiger partial charge is 0.275 e. The molecule has 5 heteroatoms. The van der Waals surface area contributed by atoms with Gasteiger partial charge in [-0.2, -0.15) is 0 Å². The van der Waals surface area contributed by atoms with E-state index in [2.05, 4.69) is 0 Å². The fourth-order valence-corrected chi connectivity index (χ4v) is 2.97. The Morgan fingerprint density at radius 2 is 1.74 bits per heavy atom. The SMILES string of the molecule is Cc1cc(F)cc(C)c1N1C(=O)C(C)(C)Oc2cc(N)ccc21. The van der Waals surface area contributed by atoms with Gasteiger partial charge in [-0.1, -0.05) is 0 Å². The minimum Gasteiger partial charge on any atom is -0.476 e. The van der Waals surface area contributed by atoms with Crippen LogP contribution in [0, 0.1) is 19.7 Å². The molecule has 2 N–H and O–H groups in total. The standard InChI is InChI=1S/C18H19FN2O2/c1-10-7-12(19)8-11(2)16(10)21-14-6-5-13(20)9-15(14)23-18(3,4)17(21)22/h5-9H,20H2,1-4H3. The summed E-state index contributed by atoms with van der Waals surface area (Å²) >= 11 is 0. The minimum atomic E-state index is -1.03. The molecule has 0 fully saturated rings. The van der Waals surface area contributed by atoms with E-state index in [1.807, 2.05) is 0 Å². The quantitative estimate of drug-likeness (QED) is 0.813. The summed E-state index contributed by atoms with van der Waals surface area (Å²) in [4.78, 5) is 14.6. The van der Waals surface area contributed by atoms with Crippen molar-refractivity contribution in [2.45, 2.75) is 33.3 Å². The van der Waals surface area contributed by atoms with E-state index >= 15 is 0 Å². The first-order valence-electron chi connectivity index (χ1n) is 7.40. The van der Waals surface area contributed by atoms with Crippen molar-refractivity contribution in [3.8, 4) is 5.75 Å². The lowest BCUT2D eigenvalue weighted by Crippen LogP contribution is -2.50. The average molecular weight is 314 g/mol. The summed E-state index contributed by atoms with van der Waals surface area (Å²) < 4.78 is 19.5. The van der Waals surface area contributed by atoms with Gasteiger partial charge in [0.25, 0.3) is 5.91 Å². The molecule has 120 valence electrons. The molecule has 0 aromatic heterocycles. The molecule has 3 rings (SSSR count). The van der Waals surface area contributed by atoms with Crippen molar-refractivity contribution >= 4 is 23.0 Å². The Morgan fingerprint density at radius 1 is 1.13 bits per heavy atom. The third-order valence-corrected chi connectivity index (χ3v) is 3.99. The van der Waals surface area contributed by atoms with Gasteiger partial charge in [-0.3, -0.25) is 9.69 Å². The van der Waals surface area contributed by atoms with Gasteiger partial charge in [0.15, 0.2) is 5.60 Å². The monoisotopic (exact) mass is 314 g/mol. The highest BCUT2D eigenvalue weighted by Crippen LogP contribution is 2.44. The van der Waals surface area contributed by atoms with E-state index in [4.69, 9.17) is 10.5 Å². The highest BCUT2D eigenvalue weighted by Gasteiger charge is 2.42. The number of anilines is 3. The van der Waals surface area contributed by atoms with Crippen LogP contribution >= 0.6 is 0 Å². The summed E-state index contributed by atoms with van der Waals surface area (Å²) in [6, 6.07) is 8.02. The van der Waals surface area contributed by atoms with Gasteiger partial charge in [-0.15, -0.1) is 0 Å². The van der Waals surface area contributed by atoms with Gasteiger partial charge in [0.2, 0.25) is 0 Å². The van der Waals surface area contributed by atoms with Crippen LogP contribution in [0.5, 0.6) is 5.75 Å². The van der Waals surface area contributed by atoms with Crippen molar-refractivity contribution < 1.29 is 13.9 Å². The van der Waals surface area contributed by atoms with E-state index in [1.54, 1.807) is 50.8 Å². The number of benzene rings is 2. The van der Waals surface area contributed by atoms with Crippen molar-refractivity contribution in [1.29, 1.82) is 0 Å². The molecule has 0 radical (unpaired) electrons. The molecular formula is C18H19FN2O2. The van der Waals surface area contributed by atoms with Crippen LogP contribution in [0.3, 0.4) is 0 Å². The number of carbonyl (C=O) groups excluding carboxylic acids is 1. The maximum Gasteiger partial charge on any atom is 0.275 e. The number of hydrogen-bond donors (Lipinski definition) is 1. The number of fused-ring (bicyclic) bond motifs is 1. The fraction of sp³-hybridized carbons (Fsp3) is 0.278. The van der Waals surface area contributed by atoms with Crippen molar-refractivity contribution in [3.05, 3.63) is 47.3 Å². The Morgan fingerprint density at radius 3 is 2.35 bits per heavy atom. The second kappa shape index (κ2) is 4.98. The molecule has 0 aliphatic carbocycles. The van der Waals surface area contributed by atoms with Crippen LogP contribution in [-0.4, -0.2) is 11.5 Å². The largest absolute Gasteiger partial charge is 0.476 e. The van der Waals surface area contributed by atoms with E-state index in [1.165, 1.54) is 12.1 Å². The van der Waals surface area contributed by atoms with Crippen LogP contribution in [0.1, 0.15) is 25.0 Å². The zero-order valence-corrected chi connectivity index (χ0v) is 13.6. The van der Waals surface area contributed by atoms with E-state index in [9.17, 15) is 9.18 Å². The molecule has 0 unspecified atom stereocenters. The molecule has 0 saturated heterocycles. The summed E-state index contributed by atoms with van der Waals surface area (Å²) in [6.07, 6.45) is 0. The molecule has 0 atom stereocenters. The van der Waals surface area contributed by atoms with Crippen LogP contribution in [-0.2, 0) is 4.79 Å². The normalized spacial score (nSPS) is 16.0. The Hall–Kier alpha value is -2.56. The number of nitrogen functional groups attached to an aromatic ring is 1. The molecule has 1 aliphatic heterocycles. The molecule has 1 amide bonds. The van der Waals surface area contributed by atoms with Crippen LogP contribution < -0.4 is 15.4 Å². The fourth-order valence-electron chi connectivity index (χ4n) is 2.97. The number of nitrogens with two attached hydrogens (primary N) is 1. The van der Waals surface area contributed by atoms with Crippen LogP contribution in [0.25, 0.3) is 0 Å². The molecule has 1 heterocycles. The molecule has 4 nitrogen and oxygen atoms in total. The summed E-state index contributed by atoms with van der Waals surface area (Å²) in [5.41, 5.74) is 8.03. The predicted molar refractivity (Wildman–Crippen MR) is 88.6 cm³/mol. The van der Waals surface area contributed by atoms with Gasteiger partial charge in [0.1, 0.15) is 11.6 Å². The number of ether oxygens (including phenoxy) is 1. The molecular weight excluding hydrogens is 295 g/mol. The maximum atomic E-state index is 13.6. The number of nitrogens with zero attached hydrogens (tertiary/aromatic N) is 1. The Kier molecular flexibility index (Phi) is 3.32. The summed E-state index contributed by atoms with van der Waals surface area (Å²) in [5, 5.41) is 0. The van der Waals surface area contributed by atoms with Crippen LogP contribution in [0.4, 0.5) is 21.5 Å². The van der Waals surface area contributed by atoms with E-state index < -0.39 is 5.60 Å². The van der Waals surface area contributed by atoms with Crippen molar-refractivity contribution in [2.24, 2.45) is 0 Å². The van der Waals surface area contributed by atoms with Crippen molar-refractivity contribution in [1.82, 2.24) is 0 Å². The van der Waals surface area contributed by atoms with Gasteiger partial charge >= 0.3 is 0 Å². The Labute approximate surface area is 134 Å². The second-order valence-electron chi connectivity index (χ2n) is 6.37. The Balaban J connectivity index is 2.28. The lowest BCUT2D eigenvalue weighted by Gasteiger charge is -2.40. The highest BCUT2D eigenvalue weighted by atomic mass is 19.1.